The van der Waals surface area contributed by atoms with Gasteiger partial charge in [0.15, 0.2) is 5.78 Å². The van der Waals surface area contributed by atoms with Crippen LogP contribution in [0.25, 0.3) is 0 Å². The normalized spacial score (nSPS) is 31.9. The summed E-state index contributed by atoms with van der Waals surface area (Å²) in [5.74, 6) is 1.18. The van der Waals surface area contributed by atoms with Gasteiger partial charge in [-0.1, -0.05) is 19.4 Å². The average Bonchev–Trinajstić information content (AvgIpc) is 1.85. The van der Waals surface area contributed by atoms with E-state index in [0.29, 0.717) is 17.6 Å². The number of hydrogen-bond acceptors (Lipinski definition) is 1. The van der Waals surface area contributed by atoms with Crippen LogP contribution < -0.4 is 0 Å². The number of carbonyl (C=O) groups is 1. The fourth-order valence-corrected chi connectivity index (χ4v) is 1.94. The highest BCUT2D eigenvalue weighted by molar-refractivity contribution is 5.93. The van der Waals surface area contributed by atoms with Crippen LogP contribution in [0.4, 0.5) is 0 Å². The van der Waals surface area contributed by atoms with E-state index < -0.39 is 0 Å². The molecule has 11 heavy (non-hydrogen) atoms. The standard InChI is InChI=1S/C10H16O/c1-4-9-8(3)5-7(2)6-10(9)11/h6,8-9H,4-5H2,1-3H3/t8-,9?/m0/s1. The molecule has 0 heterocycles. The molecule has 0 saturated heterocycles. The molecule has 2 atom stereocenters. The van der Waals surface area contributed by atoms with Gasteiger partial charge in [-0.05, 0) is 31.8 Å². The van der Waals surface area contributed by atoms with Gasteiger partial charge in [-0.15, -0.1) is 0 Å². The second kappa shape index (κ2) is 3.21. The molecule has 0 aromatic heterocycles. The van der Waals surface area contributed by atoms with Crippen LogP contribution in [0.3, 0.4) is 0 Å². The maximum absolute atomic E-state index is 11.4. The fraction of sp³-hybridized carbons (Fsp3) is 0.700. The van der Waals surface area contributed by atoms with Crippen molar-refractivity contribution in [2.45, 2.75) is 33.6 Å². The molecule has 0 fully saturated rings. The molecule has 0 N–H and O–H groups in total. The first-order valence-electron chi connectivity index (χ1n) is 4.36. The third-order valence-corrected chi connectivity index (χ3v) is 2.52. The van der Waals surface area contributed by atoms with Crippen molar-refractivity contribution in [3.63, 3.8) is 0 Å². The molecule has 1 heteroatoms. The fourth-order valence-electron chi connectivity index (χ4n) is 1.94. The molecule has 0 radical (unpaired) electrons. The van der Waals surface area contributed by atoms with Crippen LogP contribution >= 0.6 is 0 Å². The Bertz CT molecular complexity index is 191. The molecule has 0 bridgehead atoms. The Hall–Kier alpha value is -0.590. The summed E-state index contributed by atoms with van der Waals surface area (Å²) in [5.41, 5.74) is 1.24. The van der Waals surface area contributed by atoms with Crippen molar-refractivity contribution < 1.29 is 4.79 Å². The Labute approximate surface area is 68.5 Å². The van der Waals surface area contributed by atoms with Crippen LogP contribution in [0.1, 0.15) is 33.6 Å². The van der Waals surface area contributed by atoms with Gasteiger partial charge in [0, 0.05) is 5.92 Å². The average molecular weight is 152 g/mol. The number of carbonyl (C=O) groups excluding carboxylic acids is 1. The highest BCUT2D eigenvalue weighted by Gasteiger charge is 2.25. The molecular formula is C10H16O. The van der Waals surface area contributed by atoms with Crippen LogP contribution in [0.5, 0.6) is 0 Å². The van der Waals surface area contributed by atoms with Gasteiger partial charge < -0.3 is 0 Å². The van der Waals surface area contributed by atoms with Gasteiger partial charge in [-0.2, -0.15) is 0 Å². The van der Waals surface area contributed by atoms with Gasteiger partial charge in [0.05, 0.1) is 0 Å². The lowest BCUT2D eigenvalue weighted by Crippen LogP contribution is -2.24. The van der Waals surface area contributed by atoms with E-state index in [2.05, 4.69) is 13.8 Å². The monoisotopic (exact) mass is 152 g/mol. The van der Waals surface area contributed by atoms with Crippen molar-refractivity contribution in [1.29, 1.82) is 0 Å². The Morgan fingerprint density at radius 3 is 2.73 bits per heavy atom. The Kier molecular flexibility index (Phi) is 2.48. The zero-order chi connectivity index (χ0) is 8.43. The lowest BCUT2D eigenvalue weighted by molar-refractivity contribution is -0.120. The minimum Gasteiger partial charge on any atom is -0.295 e. The third kappa shape index (κ3) is 1.70. The van der Waals surface area contributed by atoms with Crippen molar-refractivity contribution in [2.24, 2.45) is 11.8 Å². The molecule has 62 valence electrons. The molecule has 0 amide bonds. The Morgan fingerprint density at radius 1 is 1.64 bits per heavy atom. The van der Waals surface area contributed by atoms with Gasteiger partial charge in [0.1, 0.15) is 0 Å². The van der Waals surface area contributed by atoms with E-state index in [1.165, 1.54) is 5.57 Å². The summed E-state index contributed by atoms with van der Waals surface area (Å²) in [6.07, 6.45) is 3.90. The highest BCUT2D eigenvalue weighted by atomic mass is 16.1. The van der Waals surface area contributed by atoms with Crippen LogP contribution in [0.15, 0.2) is 11.6 Å². The Balaban J connectivity index is 2.77. The minimum absolute atomic E-state index is 0.290. The largest absolute Gasteiger partial charge is 0.295 e. The summed E-state index contributed by atoms with van der Waals surface area (Å²) in [6.45, 7) is 6.30. The predicted octanol–water partition coefficient (Wildman–Crippen LogP) is 2.57. The summed E-state index contributed by atoms with van der Waals surface area (Å²) >= 11 is 0. The number of hydrogen-bond donors (Lipinski definition) is 0. The summed E-state index contributed by atoms with van der Waals surface area (Å²) in [5, 5.41) is 0. The molecule has 0 aliphatic heterocycles. The topological polar surface area (TPSA) is 17.1 Å². The molecule has 0 saturated carbocycles. The number of ketones is 1. The summed E-state index contributed by atoms with van der Waals surface area (Å²) in [4.78, 5) is 11.4. The van der Waals surface area contributed by atoms with E-state index in [9.17, 15) is 4.79 Å². The maximum atomic E-state index is 11.4. The SMILES string of the molecule is CCC1C(=O)C=C(C)C[C@@H]1C. The molecule has 0 aromatic carbocycles. The van der Waals surface area contributed by atoms with Crippen molar-refractivity contribution in [2.75, 3.05) is 0 Å². The molecule has 0 spiro atoms. The first kappa shape index (κ1) is 8.51. The van der Waals surface area contributed by atoms with E-state index in [0.717, 1.165) is 12.8 Å². The molecular weight excluding hydrogens is 136 g/mol. The molecule has 1 unspecified atom stereocenters. The van der Waals surface area contributed by atoms with E-state index in [1.54, 1.807) is 0 Å². The van der Waals surface area contributed by atoms with E-state index in [1.807, 2.05) is 13.0 Å². The van der Waals surface area contributed by atoms with Crippen molar-refractivity contribution >= 4 is 5.78 Å². The quantitative estimate of drug-likeness (QED) is 0.564. The van der Waals surface area contributed by atoms with E-state index in [4.69, 9.17) is 0 Å². The number of allylic oxidation sites excluding steroid dienone is 2. The molecule has 0 aromatic rings. The van der Waals surface area contributed by atoms with Gasteiger partial charge in [0.2, 0.25) is 0 Å². The summed E-state index contributed by atoms with van der Waals surface area (Å²) in [7, 11) is 0. The van der Waals surface area contributed by atoms with Crippen molar-refractivity contribution in [3.8, 4) is 0 Å². The lowest BCUT2D eigenvalue weighted by Gasteiger charge is -2.24. The van der Waals surface area contributed by atoms with Gasteiger partial charge in [-0.3, -0.25) is 4.79 Å². The van der Waals surface area contributed by atoms with E-state index >= 15 is 0 Å². The smallest absolute Gasteiger partial charge is 0.158 e. The third-order valence-electron chi connectivity index (χ3n) is 2.52. The first-order valence-corrected chi connectivity index (χ1v) is 4.36. The predicted molar refractivity (Wildman–Crippen MR) is 46.3 cm³/mol. The van der Waals surface area contributed by atoms with Crippen LogP contribution in [-0.4, -0.2) is 5.78 Å². The first-order chi connectivity index (χ1) is 5.15. The molecule has 1 aliphatic rings. The zero-order valence-electron chi connectivity index (χ0n) is 7.55. The van der Waals surface area contributed by atoms with Gasteiger partial charge in [0.25, 0.3) is 0 Å². The maximum Gasteiger partial charge on any atom is 0.158 e. The number of rotatable bonds is 1. The second-order valence-corrected chi connectivity index (χ2v) is 3.59. The van der Waals surface area contributed by atoms with Crippen molar-refractivity contribution in [1.82, 2.24) is 0 Å². The lowest BCUT2D eigenvalue weighted by atomic mass is 9.79. The summed E-state index contributed by atoms with van der Waals surface area (Å²) < 4.78 is 0. The zero-order valence-corrected chi connectivity index (χ0v) is 7.55. The van der Waals surface area contributed by atoms with Crippen LogP contribution in [0, 0.1) is 11.8 Å². The summed E-state index contributed by atoms with van der Waals surface area (Å²) in [6, 6.07) is 0. The van der Waals surface area contributed by atoms with Crippen LogP contribution in [-0.2, 0) is 4.79 Å². The Morgan fingerprint density at radius 2 is 2.27 bits per heavy atom. The highest BCUT2D eigenvalue weighted by Crippen LogP contribution is 2.28. The van der Waals surface area contributed by atoms with E-state index in [-0.39, 0.29) is 0 Å². The van der Waals surface area contributed by atoms with Gasteiger partial charge in [-0.25, -0.2) is 0 Å². The van der Waals surface area contributed by atoms with Crippen molar-refractivity contribution in [3.05, 3.63) is 11.6 Å². The van der Waals surface area contributed by atoms with Crippen LogP contribution in [0.2, 0.25) is 0 Å². The molecule has 1 nitrogen and oxygen atoms in total. The van der Waals surface area contributed by atoms with Gasteiger partial charge >= 0.3 is 0 Å². The molecule has 1 rings (SSSR count). The minimum atomic E-state index is 0.290. The second-order valence-electron chi connectivity index (χ2n) is 3.59. The molecule has 1 aliphatic carbocycles.